The van der Waals surface area contributed by atoms with Crippen LogP contribution in [-0.2, 0) is 23.3 Å². The Kier molecular flexibility index (Phi) is 7.36. The van der Waals surface area contributed by atoms with Gasteiger partial charge < -0.3 is 10.6 Å². The Hall–Kier alpha value is -3.17. The predicted octanol–water partition coefficient (Wildman–Crippen LogP) is 4.19. The number of aliphatic imine (C=N–C) groups is 1. The normalized spacial score (nSPS) is 12.5. The van der Waals surface area contributed by atoms with Crippen LogP contribution in [0.15, 0.2) is 35.2 Å². The SMILES string of the molecule is CCn1nc(C(C)(C)C)cc1N/C=C(/F)C(=O)NC=NCc1cc(F)c(F)c(F)c1. The summed E-state index contributed by atoms with van der Waals surface area (Å²) in [5.41, 5.74) is 0.673. The maximum absolute atomic E-state index is 14.0. The third kappa shape index (κ3) is 5.91. The summed E-state index contributed by atoms with van der Waals surface area (Å²) in [5, 5.41) is 9.23. The number of rotatable bonds is 7. The number of hydrogen-bond acceptors (Lipinski definition) is 4. The average Bonchev–Trinajstić information content (AvgIpc) is 3.11. The summed E-state index contributed by atoms with van der Waals surface area (Å²) in [5.74, 6) is -5.91. The fourth-order valence-electron chi connectivity index (χ4n) is 2.37. The summed E-state index contributed by atoms with van der Waals surface area (Å²) in [4.78, 5) is 15.5. The number of benzene rings is 1. The second kappa shape index (κ2) is 9.55. The lowest BCUT2D eigenvalue weighted by Gasteiger charge is -2.13. The second-order valence-electron chi connectivity index (χ2n) is 7.43. The molecule has 0 aliphatic rings. The highest BCUT2D eigenvalue weighted by Crippen LogP contribution is 2.24. The van der Waals surface area contributed by atoms with Gasteiger partial charge in [0, 0.05) is 24.2 Å². The Morgan fingerprint density at radius 2 is 1.83 bits per heavy atom. The molecule has 10 heteroatoms. The summed E-state index contributed by atoms with van der Waals surface area (Å²) in [7, 11) is 0. The van der Waals surface area contributed by atoms with Gasteiger partial charge in [0.25, 0.3) is 5.91 Å². The lowest BCUT2D eigenvalue weighted by Crippen LogP contribution is -2.22. The number of nitrogens with zero attached hydrogens (tertiary/aromatic N) is 3. The average molecular weight is 425 g/mol. The van der Waals surface area contributed by atoms with Gasteiger partial charge in [-0.05, 0) is 24.6 Å². The molecule has 0 aliphatic carbocycles. The Morgan fingerprint density at radius 1 is 1.20 bits per heavy atom. The summed E-state index contributed by atoms with van der Waals surface area (Å²) in [6.45, 7) is 8.19. The van der Waals surface area contributed by atoms with Crippen LogP contribution < -0.4 is 10.6 Å². The summed E-state index contributed by atoms with van der Waals surface area (Å²) < 4.78 is 54.8. The molecule has 0 radical (unpaired) electrons. The van der Waals surface area contributed by atoms with E-state index >= 15 is 0 Å². The van der Waals surface area contributed by atoms with Crippen molar-refractivity contribution in [3.63, 3.8) is 0 Å². The smallest absolute Gasteiger partial charge is 0.286 e. The molecule has 0 fully saturated rings. The zero-order valence-corrected chi connectivity index (χ0v) is 17.1. The molecule has 1 amide bonds. The lowest BCUT2D eigenvalue weighted by molar-refractivity contribution is -0.117. The van der Waals surface area contributed by atoms with Crippen molar-refractivity contribution in [2.24, 2.45) is 4.99 Å². The molecule has 162 valence electrons. The maximum Gasteiger partial charge on any atom is 0.286 e. The number of amides is 1. The van der Waals surface area contributed by atoms with E-state index in [2.05, 4.69) is 20.7 Å². The van der Waals surface area contributed by atoms with Crippen molar-refractivity contribution in [2.75, 3.05) is 5.32 Å². The van der Waals surface area contributed by atoms with Crippen molar-refractivity contribution >= 4 is 18.1 Å². The molecule has 2 N–H and O–H groups in total. The minimum absolute atomic E-state index is 0.0528. The van der Waals surface area contributed by atoms with Crippen molar-refractivity contribution < 1.29 is 22.4 Å². The van der Waals surface area contributed by atoms with Gasteiger partial charge in [-0.1, -0.05) is 20.8 Å². The van der Waals surface area contributed by atoms with Gasteiger partial charge in [-0.15, -0.1) is 0 Å². The molecule has 0 bridgehead atoms. The number of nitrogens with one attached hydrogen (secondary N) is 2. The van der Waals surface area contributed by atoms with Gasteiger partial charge in [0.2, 0.25) is 5.83 Å². The minimum atomic E-state index is -1.57. The molecule has 2 rings (SSSR count). The van der Waals surface area contributed by atoms with Gasteiger partial charge in [0.15, 0.2) is 17.5 Å². The topological polar surface area (TPSA) is 71.3 Å². The third-order valence-corrected chi connectivity index (χ3v) is 4.02. The third-order valence-electron chi connectivity index (χ3n) is 4.02. The highest BCUT2D eigenvalue weighted by molar-refractivity contribution is 5.98. The molecule has 2 aromatic rings. The highest BCUT2D eigenvalue weighted by atomic mass is 19.2. The summed E-state index contributed by atoms with van der Waals surface area (Å²) >= 11 is 0. The standard InChI is InChI=1S/C20H23F4N5O/c1-5-29-17(8-16(28-29)20(2,3)4)26-10-15(23)19(30)27-11-25-9-12-6-13(21)18(24)14(22)7-12/h6-8,10-11,26H,5,9H2,1-4H3,(H,25,27,30)/b15-10+. The van der Waals surface area contributed by atoms with E-state index < -0.39 is 29.2 Å². The van der Waals surface area contributed by atoms with E-state index in [1.54, 1.807) is 10.7 Å². The number of halogens is 4. The second-order valence-corrected chi connectivity index (χ2v) is 7.43. The Morgan fingerprint density at radius 3 is 2.40 bits per heavy atom. The van der Waals surface area contributed by atoms with E-state index in [-0.39, 0.29) is 17.5 Å². The molecule has 0 aliphatic heterocycles. The van der Waals surface area contributed by atoms with Crippen LogP contribution in [0, 0.1) is 17.5 Å². The van der Waals surface area contributed by atoms with Crippen molar-refractivity contribution in [2.45, 2.75) is 46.2 Å². The first kappa shape index (κ1) is 23.1. The van der Waals surface area contributed by atoms with Crippen molar-refractivity contribution in [1.82, 2.24) is 15.1 Å². The van der Waals surface area contributed by atoms with Crippen molar-refractivity contribution in [3.8, 4) is 0 Å². The Bertz CT molecular complexity index is 953. The Balaban J connectivity index is 1.95. The van der Waals surface area contributed by atoms with Crippen molar-refractivity contribution in [1.29, 1.82) is 0 Å². The zero-order chi connectivity index (χ0) is 22.5. The molecule has 6 nitrogen and oxygen atoms in total. The van der Waals surface area contributed by atoms with E-state index in [1.807, 2.05) is 27.7 Å². The van der Waals surface area contributed by atoms with Gasteiger partial charge >= 0.3 is 0 Å². The van der Waals surface area contributed by atoms with Crippen LogP contribution in [0.3, 0.4) is 0 Å². The largest absolute Gasteiger partial charge is 0.344 e. The summed E-state index contributed by atoms with van der Waals surface area (Å²) in [6, 6.07) is 3.34. The molecule has 1 heterocycles. The monoisotopic (exact) mass is 425 g/mol. The number of aryl methyl sites for hydroxylation is 1. The Labute approximate surface area is 171 Å². The molecule has 0 atom stereocenters. The van der Waals surface area contributed by atoms with Crippen LogP contribution in [0.1, 0.15) is 39.0 Å². The van der Waals surface area contributed by atoms with Gasteiger partial charge in [0.1, 0.15) is 5.82 Å². The molecule has 0 spiro atoms. The number of aromatic nitrogens is 2. The van der Waals surface area contributed by atoms with E-state index in [9.17, 15) is 22.4 Å². The molecule has 0 saturated carbocycles. The molecule has 0 unspecified atom stereocenters. The molecule has 30 heavy (non-hydrogen) atoms. The quantitative estimate of drug-likeness (QED) is 0.230. The molecule has 1 aromatic carbocycles. The molecule has 1 aromatic heterocycles. The van der Waals surface area contributed by atoms with Crippen LogP contribution in [0.4, 0.5) is 23.4 Å². The highest BCUT2D eigenvalue weighted by Gasteiger charge is 2.19. The van der Waals surface area contributed by atoms with E-state index in [4.69, 9.17) is 0 Å². The maximum atomic E-state index is 14.0. The van der Waals surface area contributed by atoms with Gasteiger partial charge in [0.05, 0.1) is 18.6 Å². The van der Waals surface area contributed by atoms with Crippen LogP contribution in [-0.4, -0.2) is 22.0 Å². The molecular weight excluding hydrogens is 402 g/mol. The number of carbonyl (C=O) groups is 1. The lowest BCUT2D eigenvalue weighted by atomic mass is 9.92. The van der Waals surface area contributed by atoms with Crippen LogP contribution in [0.5, 0.6) is 0 Å². The fourth-order valence-corrected chi connectivity index (χ4v) is 2.37. The minimum Gasteiger partial charge on any atom is -0.344 e. The van der Waals surface area contributed by atoms with Gasteiger partial charge in [-0.3, -0.25) is 9.79 Å². The van der Waals surface area contributed by atoms with E-state index in [0.29, 0.717) is 12.4 Å². The zero-order valence-electron chi connectivity index (χ0n) is 17.1. The van der Waals surface area contributed by atoms with Crippen LogP contribution in [0.2, 0.25) is 0 Å². The van der Waals surface area contributed by atoms with Crippen LogP contribution in [0.25, 0.3) is 0 Å². The van der Waals surface area contributed by atoms with E-state index in [1.165, 1.54) is 0 Å². The predicted molar refractivity (Wildman–Crippen MR) is 106 cm³/mol. The van der Waals surface area contributed by atoms with Gasteiger partial charge in [-0.25, -0.2) is 17.9 Å². The number of anilines is 1. The van der Waals surface area contributed by atoms with Crippen molar-refractivity contribution in [3.05, 3.63) is 58.9 Å². The first-order chi connectivity index (χ1) is 14.0. The molecule has 0 saturated heterocycles. The fraction of sp³-hybridized carbons (Fsp3) is 0.350. The number of hydrogen-bond donors (Lipinski definition) is 2. The van der Waals surface area contributed by atoms with Gasteiger partial charge in [-0.2, -0.15) is 9.49 Å². The number of carbonyl (C=O) groups excluding carboxylic acids is 1. The first-order valence-corrected chi connectivity index (χ1v) is 9.16. The van der Waals surface area contributed by atoms with E-state index in [0.717, 1.165) is 30.4 Å². The van der Waals surface area contributed by atoms with Crippen LogP contribution >= 0.6 is 0 Å². The molecular formula is C20H23F4N5O. The summed E-state index contributed by atoms with van der Waals surface area (Å²) in [6.07, 6.45) is 1.78. The first-order valence-electron chi connectivity index (χ1n) is 9.16.